The zero-order chi connectivity index (χ0) is 15.0. The number of rotatable bonds is 3. The quantitative estimate of drug-likeness (QED) is 0.821. The summed E-state index contributed by atoms with van der Waals surface area (Å²) in [5, 5.41) is 0.145. The van der Waals surface area contributed by atoms with Crippen molar-refractivity contribution in [1.29, 1.82) is 0 Å². The van der Waals surface area contributed by atoms with Gasteiger partial charge in [0.25, 0.3) is 10.0 Å². The van der Waals surface area contributed by atoms with Gasteiger partial charge in [-0.1, -0.05) is 0 Å². The maximum atomic E-state index is 12.5. The molecular formula is C13H23N5O2S. The summed E-state index contributed by atoms with van der Waals surface area (Å²) in [4.78, 5) is 6.37. The molecule has 2 N–H and O–H groups in total. The molecule has 2 aliphatic rings. The van der Waals surface area contributed by atoms with E-state index >= 15 is 0 Å². The third-order valence-electron chi connectivity index (χ3n) is 4.50. The number of nitrogens with zero attached hydrogens (tertiary/aromatic N) is 4. The van der Waals surface area contributed by atoms with Crippen LogP contribution in [0, 0.1) is 0 Å². The van der Waals surface area contributed by atoms with Gasteiger partial charge in [-0.05, 0) is 32.4 Å². The van der Waals surface area contributed by atoms with E-state index in [-0.39, 0.29) is 5.03 Å². The Morgan fingerprint density at radius 3 is 2.57 bits per heavy atom. The highest BCUT2D eigenvalue weighted by molar-refractivity contribution is 7.89. The van der Waals surface area contributed by atoms with Crippen LogP contribution in [0.25, 0.3) is 0 Å². The Labute approximate surface area is 125 Å². The summed E-state index contributed by atoms with van der Waals surface area (Å²) >= 11 is 0. The summed E-state index contributed by atoms with van der Waals surface area (Å²) in [5.41, 5.74) is 5.93. The molecule has 1 aromatic rings. The van der Waals surface area contributed by atoms with Gasteiger partial charge in [-0.25, -0.2) is 13.4 Å². The smallest absolute Gasteiger partial charge is 0.262 e. The Morgan fingerprint density at radius 1 is 1.24 bits per heavy atom. The third-order valence-corrected chi connectivity index (χ3v) is 6.25. The minimum absolute atomic E-state index is 0.145. The number of imidazole rings is 1. The molecule has 0 bridgehead atoms. The van der Waals surface area contributed by atoms with E-state index in [1.165, 1.54) is 6.33 Å². The molecule has 8 heteroatoms. The van der Waals surface area contributed by atoms with Gasteiger partial charge in [-0.15, -0.1) is 0 Å². The van der Waals surface area contributed by atoms with Crippen molar-refractivity contribution in [2.24, 2.45) is 12.8 Å². The average molecular weight is 313 g/mol. The number of nitrogens with two attached hydrogens (primary N) is 1. The van der Waals surface area contributed by atoms with E-state index in [0.717, 1.165) is 32.4 Å². The molecule has 0 radical (unpaired) electrons. The van der Waals surface area contributed by atoms with Gasteiger partial charge in [-0.2, -0.15) is 4.31 Å². The van der Waals surface area contributed by atoms with Crippen LogP contribution in [-0.2, 0) is 17.1 Å². The molecule has 0 aromatic carbocycles. The van der Waals surface area contributed by atoms with Gasteiger partial charge >= 0.3 is 0 Å². The number of piperidine rings is 1. The number of hydrogen-bond donors (Lipinski definition) is 1. The first-order valence-electron chi connectivity index (χ1n) is 7.44. The minimum atomic E-state index is -3.45. The molecule has 2 saturated heterocycles. The molecule has 1 unspecified atom stereocenters. The molecule has 2 aliphatic heterocycles. The van der Waals surface area contributed by atoms with Crippen LogP contribution in [0.4, 0.5) is 0 Å². The molecular weight excluding hydrogens is 290 g/mol. The van der Waals surface area contributed by atoms with Gasteiger partial charge in [0.2, 0.25) is 0 Å². The fraction of sp³-hybridized carbons (Fsp3) is 0.769. The van der Waals surface area contributed by atoms with Crippen LogP contribution < -0.4 is 5.73 Å². The number of aromatic nitrogens is 2. The monoisotopic (exact) mass is 313 g/mol. The van der Waals surface area contributed by atoms with Crippen LogP contribution in [0.3, 0.4) is 0 Å². The minimum Gasteiger partial charge on any atom is -0.339 e. The molecule has 21 heavy (non-hydrogen) atoms. The highest BCUT2D eigenvalue weighted by Gasteiger charge is 2.36. The maximum Gasteiger partial charge on any atom is 0.262 e. The second-order valence-corrected chi connectivity index (χ2v) is 7.94. The zero-order valence-corrected chi connectivity index (χ0v) is 13.2. The van der Waals surface area contributed by atoms with Gasteiger partial charge in [0.15, 0.2) is 5.03 Å². The van der Waals surface area contributed by atoms with Gasteiger partial charge < -0.3 is 10.3 Å². The Bertz CT molecular complexity index is 591. The number of sulfonamides is 1. The van der Waals surface area contributed by atoms with Crippen LogP contribution in [0.1, 0.15) is 19.3 Å². The highest BCUT2D eigenvalue weighted by atomic mass is 32.2. The molecule has 0 spiro atoms. The first-order valence-corrected chi connectivity index (χ1v) is 8.88. The van der Waals surface area contributed by atoms with Crippen molar-refractivity contribution in [1.82, 2.24) is 18.8 Å². The Hall–Kier alpha value is -0.960. The molecule has 0 amide bonds. The first-order chi connectivity index (χ1) is 9.96. The van der Waals surface area contributed by atoms with E-state index < -0.39 is 10.0 Å². The number of likely N-dealkylation sites (tertiary alicyclic amines) is 1. The number of aryl methyl sites for hydroxylation is 1. The van der Waals surface area contributed by atoms with E-state index in [4.69, 9.17) is 5.73 Å². The lowest BCUT2D eigenvalue weighted by atomic mass is 10.0. The normalized spacial score (nSPS) is 26.5. The summed E-state index contributed by atoms with van der Waals surface area (Å²) in [6, 6.07) is 0.618. The lowest BCUT2D eigenvalue weighted by molar-refractivity contribution is 0.159. The first kappa shape index (κ1) is 15.0. The number of hydrogen-bond acceptors (Lipinski definition) is 5. The lowest BCUT2D eigenvalue weighted by Crippen LogP contribution is -2.46. The second-order valence-electron chi connectivity index (χ2n) is 6.06. The topological polar surface area (TPSA) is 84.5 Å². The summed E-state index contributed by atoms with van der Waals surface area (Å²) < 4.78 is 28.3. The lowest BCUT2D eigenvalue weighted by Gasteiger charge is -2.34. The standard InChI is InChI=1S/C13H23N5O2S/c1-16-9-13(15-10-16)21(19,20)18-7-4-12(8-18)17-5-2-11(14)3-6-17/h9-12H,2-8,14H2,1H3. The SMILES string of the molecule is Cn1cnc(S(=O)(=O)N2CCC(N3CCC(N)CC3)C2)c1. The van der Waals surface area contributed by atoms with Crippen molar-refractivity contribution < 1.29 is 8.42 Å². The third kappa shape index (κ3) is 2.98. The molecule has 3 rings (SSSR count). The van der Waals surface area contributed by atoms with Crippen molar-refractivity contribution in [2.75, 3.05) is 26.2 Å². The molecule has 2 fully saturated rings. The van der Waals surface area contributed by atoms with E-state index in [2.05, 4.69) is 9.88 Å². The van der Waals surface area contributed by atoms with Crippen LogP contribution in [0.5, 0.6) is 0 Å². The van der Waals surface area contributed by atoms with Gasteiger partial charge in [-0.3, -0.25) is 4.90 Å². The van der Waals surface area contributed by atoms with Crippen molar-refractivity contribution in [3.8, 4) is 0 Å². The summed E-state index contributed by atoms with van der Waals surface area (Å²) in [7, 11) is -1.68. The van der Waals surface area contributed by atoms with Crippen molar-refractivity contribution in [2.45, 2.75) is 36.4 Å². The average Bonchev–Trinajstić information content (AvgIpc) is 3.09. The van der Waals surface area contributed by atoms with E-state index in [0.29, 0.717) is 25.2 Å². The predicted octanol–water partition coefficient (Wildman–Crippen LogP) is -0.394. The fourth-order valence-electron chi connectivity index (χ4n) is 3.17. The predicted molar refractivity (Wildman–Crippen MR) is 79.2 cm³/mol. The van der Waals surface area contributed by atoms with Crippen molar-refractivity contribution in [3.63, 3.8) is 0 Å². The Morgan fingerprint density at radius 2 is 1.95 bits per heavy atom. The van der Waals surface area contributed by atoms with Crippen LogP contribution >= 0.6 is 0 Å². The van der Waals surface area contributed by atoms with Crippen molar-refractivity contribution in [3.05, 3.63) is 12.5 Å². The van der Waals surface area contributed by atoms with Gasteiger partial charge in [0, 0.05) is 38.4 Å². The molecule has 3 heterocycles. The highest BCUT2D eigenvalue weighted by Crippen LogP contribution is 2.24. The second kappa shape index (κ2) is 5.68. The molecule has 7 nitrogen and oxygen atoms in total. The largest absolute Gasteiger partial charge is 0.339 e. The molecule has 118 valence electrons. The maximum absolute atomic E-state index is 12.5. The van der Waals surface area contributed by atoms with E-state index in [1.807, 2.05) is 0 Å². The Balaban J connectivity index is 1.66. The van der Waals surface area contributed by atoms with Crippen LogP contribution in [0.15, 0.2) is 17.6 Å². The van der Waals surface area contributed by atoms with Gasteiger partial charge in [0.1, 0.15) is 0 Å². The van der Waals surface area contributed by atoms with Crippen LogP contribution in [0.2, 0.25) is 0 Å². The van der Waals surface area contributed by atoms with Crippen LogP contribution in [-0.4, -0.2) is 65.4 Å². The van der Waals surface area contributed by atoms with E-state index in [9.17, 15) is 8.42 Å². The summed E-state index contributed by atoms with van der Waals surface area (Å²) in [5.74, 6) is 0. The molecule has 1 aromatic heterocycles. The van der Waals surface area contributed by atoms with Crippen molar-refractivity contribution >= 4 is 10.0 Å². The summed E-state index contributed by atoms with van der Waals surface area (Å²) in [6.45, 7) is 3.09. The molecule has 0 saturated carbocycles. The van der Waals surface area contributed by atoms with E-state index in [1.54, 1.807) is 22.1 Å². The van der Waals surface area contributed by atoms with Gasteiger partial charge in [0.05, 0.1) is 6.33 Å². The molecule has 0 aliphatic carbocycles. The molecule has 1 atom stereocenters. The zero-order valence-electron chi connectivity index (χ0n) is 12.4. The fourth-order valence-corrected chi connectivity index (χ4v) is 4.62. The Kier molecular flexibility index (Phi) is 4.04. The summed E-state index contributed by atoms with van der Waals surface area (Å²) in [6.07, 6.45) is 5.98.